The van der Waals surface area contributed by atoms with Crippen molar-refractivity contribution in [3.05, 3.63) is 60.7 Å². The van der Waals surface area contributed by atoms with Crippen molar-refractivity contribution in [1.29, 1.82) is 0 Å². The maximum Gasteiger partial charge on any atom is 0.314 e. The first-order valence-electron chi connectivity index (χ1n) is 8.23. The van der Waals surface area contributed by atoms with Gasteiger partial charge in [-0.25, -0.2) is 0 Å². The lowest BCUT2D eigenvalue weighted by atomic mass is 9.76. The van der Waals surface area contributed by atoms with E-state index in [4.69, 9.17) is 4.74 Å². The molecule has 0 saturated heterocycles. The normalized spacial score (nSPS) is 16.7. The number of esters is 1. The van der Waals surface area contributed by atoms with Crippen LogP contribution in [0.2, 0.25) is 0 Å². The molecule has 2 rings (SSSR count). The standard InChI is InChI=1S/C20H26O2/c1-3-8-16-11-13-18(14-12-16)19(20(21)22-15-4-2)17-9-6-5-7-10-17/h3-4,11-14,17,19H,1-2,5-10,15H2. The summed E-state index contributed by atoms with van der Waals surface area (Å²) in [5.74, 6) is 0.151. The van der Waals surface area contributed by atoms with Gasteiger partial charge in [0.25, 0.3) is 0 Å². The van der Waals surface area contributed by atoms with E-state index < -0.39 is 0 Å². The number of allylic oxidation sites excluding steroid dienone is 1. The van der Waals surface area contributed by atoms with Gasteiger partial charge in [-0.1, -0.05) is 62.3 Å². The first-order valence-corrected chi connectivity index (χ1v) is 8.23. The summed E-state index contributed by atoms with van der Waals surface area (Å²) in [5.41, 5.74) is 2.30. The molecule has 0 aliphatic heterocycles. The second-order valence-electron chi connectivity index (χ2n) is 6.03. The summed E-state index contributed by atoms with van der Waals surface area (Å²) in [6.07, 6.45) is 10.3. The van der Waals surface area contributed by atoms with Gasteiger partial charge in [0.15, 0.2) is 0 Å². The molecule has 1 aromatic rings. The highest BCUT2D eigenvalue weighted by Gasteiger charge is 2.32. The summed E-state index contributed by atoms with van der Waals surface area (Å²) < 4.78 is 5.37. The zero-order valence-electron chi connectivity index (χ0n) is 13.3. The fourth-order valence-corrected chi connectivity index (χ4v) is 3.33. The largest absolute Gasteiger partial charge is 0.461 e. The summed E-state index contributed by atoms with van der Waals surface area (Å²) in [5, 5.41) is 0. The predicted molar refractivity (Wildman–Crippen MR) is 90.8 cm³/mol. The summed E-state index contributed by atoms with van der Waals surface area (Å²) in [6.45, 7) is 7.68. The second-order valence-corrected chi connectivity index (χ2v) is 6.03. The van der Waals surface area contributed by atoms with Gasteiger partial charge in [-0.2, -0.15) is 0 Å². The minimum Gasteiger partial charge on any atom is -0.461 e. The molecule has 2 heteroatoms. The molecule has 0 amide bonds. The van der Waals surface area contributed by atoms with Crippen LogP contribution in [0, 0.1) is 5.92 Å². The molecule has 1 aliphatic rings. The molecule has 1 fully saturated rings. The van der Waals surface area contributed by atoms with Gasteiger partial charge in [-0.15, -0.1) is 6.58 Å². The van der Waals surface area contributed by atoms with Gasteiger partial charge in [0.1, 0.15) is 6.61 Å². The van der Waals surface area contributed by atoms with E-state index in [-0.39, 0.29) is 18.5 Å². The maximum atomic E-state index is 12.5. The van der Waals surface area contributed by atoms with Gasteiger partial charge >= 0.3 is 5.97 Å². The molecule has 0 spiro atoms. The van der Waals surface area contributed by atoms with Crippen LogP contribution in [0.5, 0.6) is 0 Å². The molecule has 2 nitrogen and oxygen atoms in total. The van der Waals surface area contributed by atoms with Gasteiger partial charge in [0, 0.05) is 0 Å². The number of carbonyl (C=O) groups is 1. The molecule has 1 saturated carbocycles. The third kappa shape index (κ3) is 4.33. The molecular formula is C20H26O2. The van der Waals surface area contributed by atoms with Crippen molar-refractivity contribution >= 4 is 5.97 Å². The molecule has 0 N–H and O–H groups in total. The van der Waals surface area contributed by atoms with E-state index in [1.165, 1.54) is 24.8 Å². The van der Waals surface area contributed by atoms with Crippen molar-refractivity contribution < 1.29 is 9.53 Å². The third-order valence-electron chi connectivity index (χ3n) is 4.44. The maximum absolute atomic E-state index is 12.5. The van der Waals surface area contributed by atoms with Crippen molar-refractivity contribution in [3.63, 3.8) is 0 Å². The van der Waals surface area contributed by atoms with E-state index in [0.717, 1.165) is 24.8 Å². The van der Waals surface area contributed by atoms with Crippen LogP contribution in [0.25, 0.3) is 0 Å². The lowest BCUT2D eigenvalue weighted by Gasteiger charge is -2.29. The van der Waals surface area contributed by atoms with Crippen molar-refractivity contribution in [3.8, 4) is 0 Å². The molecule has 0 radical (unpaired) electrons. The lowest BCUT2D eigenvalue weighted by molar-refractivity contribution is -0.146. The van der Waals surface area contributed by atoms with Gasteiger partial charge in [-0.05, 0) is 36.3 Å². The van der Waals surface area contributed by atoms with Crippen molar-refractivity contribution in [1.82, 2.24) is 0 Å². The summed E-state index contributed by atoms with van der Waals surface area (Å²) >= 11 is 0. The molecule has 118 valence electrons. The number of ether oxygens (including phenoxy) is 1. The molecule has 22 heavy (non-hydrogen) atoms. The number of hydrogen-bond donors (Lipinski definition) is 0. The summed E-state index contributed by atoms with van der Waals surface area (Å²) in [6, 6.07) is 8.34. The Morgan fingerprint density at radius 1 is 1.14 bits per heavy atom. The number of rotatable bonds is 7. The average molecular weight is 298 g/mol. The van der Waals surface area contributed by atoms with Crippen LogP contribution in [0.15, 0.2) is 49.6 Å². The van der Waals surface area contributed by atoms with E-state index in [1.807, 2.05) is 6.08 Å². The van der Waals surface area contributed by atoms with E-state index in [0.29, 0.717) is 5.92 Å². The quantitative estimate of drug-likeness (QED) is 0.533. The SMILES string of the molecule is C=CCOC(=O)C(c1ccc(CC=C)cc1)C1CCCCC1. The second kappa shape index (κ2) is 8.57. The van der Waals surface area contributed by atoms with E-state index in [9.17, 15) is 4.79 Å². The Morgan fingerprint density at radius 3 is 2.41 bits per heavy atom. The van der Waals surface area contributed by atoms with Crippen LogP contribution in [-0.2, 0) is 16.0 Å². The lowest BCUT2D eigenvalue weighted by Crippen LogP contribution is -2.26. The fourth-order valence-electron chi connectivity index (χ4n) is 3.33. The Bertz CT molecular complexity index is 495. The van der Waals surface area contributed by atoms with Crippen LogP contribution < -0.4 is 0 Å². The monoisotopic (exact) mass is 298 g/mol. The molecular weight excluding hydrogens is 272 g/mol. The molecule has 1 unspecified atom stereocenters. The Labute approximate surface area is 133 Å². The van der Waals surface area contributed by atoms with Crippen LogP contribution in [-0.4, -0.2) is 12.6 Å². The minimum atomic E-state index is -0.141. The van der Waals surface area contributed by atoms with Crippen molar-refractivity contribution in [2.45, 2.75) is 44.4 Å². The summed E-state index contributed by atoms with van der Waals surface area (Å²) in [4.78, 5) is 12.5. The number of carbonyl (C=O) groups excluding carboxylic acids is 1. The Kier molecular flexibility index (Phi) is 6.45. The molecule has 1 aromatic carbocycles. The molecule has 1 atom stereocenters. The zero-order chi connectivity index (χ0) is 15.8. The highest BCUT2D eigenvalue weighted by atomic mass is 16.5. The van der Waals surface area contributed by atoms with Crippen LogP contribution >= 0.6 is 0 Å². The van der Waals surface area contributed by atoms with Crippen LogP contribution in [0.3, 0.4) is 0 Å². The average Bonchev–Trinajstić information content (AvgIpc) is 2.56. The molecule has 0 bridgehead atoms. The highest BCUT2D eigenvalue weighted by molar-refractivity contribution is 5.78. The number of benzene rings is 1. The minimum absolute atomic E-state index is 0.108. The fraction of sp³-hybridized carbons (Fsp3) is 0.450. The van der Waals surface area contributed by atoms with Gasteiger partial charge in [0.05, 0.1) is 5.92 Å². The van der Waals surface area contributed by atoms with Crippen molar-refractivity contribution in [2.24, 2.45) is 5.92 Å². The van der Waals surface area contributed by atoms with Crippen LogP contribution in [0.4, 0.5) is 0 Å². The van der Waals surface area contributed by atoms with Gasteiger partial charge in [0.2, 0.25) is 0 Å². The predicted octanol–water partition coefficient (Wildman–Crippen LogP) is 4.81. The molecule has 1 aliphatic carbocycles. The van der Waals surface area contributed by atoms with E-state index >= 15 is 0 Å². The molecule has 0 heterocycles. The Balaban J connectivity index is 2.19. The number of hydrogen-bond acceptors (Lipinski definition) is 2. The highest BCUT2D eigenvalue weighted by Crippen LogP contribution is 2.37. The van der Waals surface area contributed by atoms with E-state index in [1.54, 1.807) is 6.08 Å². The summed E-state index contributed by atoms with van der Waals surface area (Å²) in [7, 11) is 0. The zero-order valence-corrected chi connectivity index (χ0v) is 13.3. The Morgan fingerprint density at radius 2 is 1.82 bits per heavy atom. The topological polar surface area (TPSA) is 26.3 Å². The third-order valence-corrected chi connectivity index (χ3v) is 4.44. The Hall–Kier alpha value is -1.83. The smallest absolute Gasteiger partial charge is 0.314 e. The van der Waals surface area contributed by atoms with Gasteiger partial charge < -0.3 is 4.74 Å². The first-order chi connectivity index (χ1) is 10.8. The van der Waals surface area contributed by atoms with Gasteiger partial charge in [-0.3, -0.25) is 4.79 Å². The van der Waals surface area contributed by atoms with Crippen molar-refractivity contribution in [2.75, 3.05) is 6.61 Å². The van der Waals surface area contributed by atoms with E-state index in [2.05, 4.69) is 37.4 Å². The van der Waals surface area contributed by atoms with Crippen LogP contribution in [0.1, 0.15) is 49.1 Å². The first kappa shape index (κ1) is 16.5. The molecule has 0 aromatic heterocycles.